The van der Waals surface area contributed by atoms with E-state index in [1.165, 1.54) is 10.4 Å². The van der Waals surface area contributed by atoms with Gasteiger partial charge in [0.15, 0.2) is 0 Å². The van der Waals surface area contributed by atoms with Crippen LogP contribution in [-0.2, 0) is 13.5 Å². The van der Waals surface area contributed by atoms with Crippen LogP contribution in [0, 0.1) is 20.8 Å². The molecule has 126 valence electrons. The number of rotatable bonds is 5. The molecule has 0 aliphatic rings. The average molecular weight is 361 g/mol. The first-order valence-corrected chi connectivity index (χ1v) is 9.46. The number of hydrogen-bond donors (Lipinski definition) is 1. The van der Waals surface area contributed by atoms with E-state index in [4.69, 9.17) is 0 Å². The molecule has 0 fully saturated rings. The SMILES string of the molecule is Cc1nc(C(Cc2ccsc2)NC(=O)c2cnn(C)c2C)sc1C. The second kappa shape index (κ2) is 6.86. The smallest absolute Gasteiger partial charge is 0.255 e. The molecular formula is C17H20N4OS2. The minimum atomic E-state index is -0.135. The minimum Gasteiger partial charge on any atom is -0.342 e. The number of hydrogen-bond acceptors (Lipinski definition) is 5. The van der Waals surface area contributed by atoms with E-state index < -0.39 is 0 Å². The van der Waals surface area contributed by atoms with E-state index in [0.29, 0.717) is 5.56 Å². The van der Waals surface area contributed by atoms with Gasteiger partial charge in [0.2, 0.25) is 0 Å². The maximum absolute atomic E-state index is 12.7. The number of thiophene rings is 1. The third-order valence-electron chi connectivity index (χ3n) is 4.15. The predicted molar refractivity (Wildman–Crippen MR) is 97.8 cm³/mol. The number of carbonyl (C=O) groups is 1. The molecule has 1 amide bonds. The van der Waals surface area contributed by atoms with Crippen LogP contribution in [0.25, 0.3) is 0 Å². The van der Waals surface area contributed by atoms with E-state index in [1.54, 1.807) is 33.6 Å². The Hall–Kier alpha value is -1.99. The highest BCUT2D eigenvalue weighted by Crippen LogP contribution is 2.26. The molecule has 24 heavy (non-hydrogen) atoms. The Labute approximate surface area is 149 Å². The van der Waals surface area contributed by atoms with Gasteiger partial charge in [-0.05, 0) is 43.2 Å². The van der Waals surface area contributed by atoms with Crippen molar-refractivity contribution >= 4 is 28.6 Å². The van der Waals surface area contributed by atoms with Crippen LogP contribution in [0.3, 0.4) is 0 Å². The van der Waals surface area contributed by atoms with Crippen molar-refractivity contribution in [2.24, 2.45) is 7.05 Å². The molecule has 3 heterocycles. The highest BCUT2D eigenvalue weighted by molar-refractivity contribution is 7.11. The molecule has 0 saturated heterocycles. The molecule has 3 aromatic rings. The predicted octanol–water partition coefficient (Wildman–Crippen LogP) is 3.58. The van der Waals surface area contributed by atoms with E-state index in [9.17, 15) is 4.79 Å². The molecular weight excluding hydrogens is 340 g/mol. The van der Waals surface area contributed by atoms with Gasteiger partial charge in [0, 0.05) is 24.0 Å². The quantitative estimate of drug-likeness (QED) is 0.756. The Morgan fingerprint density at radius 1 is 1.38 bits per heavy atom. The highest BCUT2D eigenvalue weighted by Gasteiger charge is 2.22. The summed E-state index contributed by atoms with van der Waals surface area (Å²) in [6.45, 7) is 5.96. The second-order valence-electron chi connectivity index (χ2n) is 5.82. The molecule has 1 atom stereocenters. The number of aryl methyl sites for hydroxylation is 3. The summed E-state index contributed by atoms with van der Waals surface area (Å²) >= 11 is 3.31. The Kier molecular flexibility index (Phi) is 4.82. The van der Waals surface area contributed by atoms with Gasteiger partial charge in [-0.3, -0.25) is 9.48 Å². The van der Waals surface area contributed by atoms with Gasteiger partial charge in [-0.2, -0.15) is 16.4 Å². The van der Waals surface area contributed by atoms with Gasteiger partial charge in [0.25, 0.3) is 5.91 Å². The first-order chi connectivity index (χ1) is 11.5. The summed E-state index contributed by atoms with van der Waals surface area (Å²) in [5.74, 6) is -0.105. The molecule has 3 aromatic heterocycles. The Bertz CT molecular complexity index is 829. The van der Waals surface area contributed by atoms with E-state index in [0.717, 1.165) is 22.8 Å². The molecule has 0 spiro atoms. The average Bonchev–Trinajstić information content (AvgIpc) is 3.24. The summed E-state index contributed by atoms with van der Waals surface area (Å²) in [6.07, 6.45) is 2.35. The molecule has 3 rings (SSSR count). The fourth-order valence-corrected chi connectivity index (χ4v) is 4.10. The zero-order valence-corrected chi connectivity index (χ0v) is 15.8. The van der Waals surface area contributed by atoms with Crippen molar-refractivity contribution in [2.75, 3.05) is 0 Å². The molecule has 0 aromatic carbocycles. The van der Waals surface area contributed by atoms with Crippen LogP contribution >= 0.6 is 22.7 Å². The molecule has 5 nitrogen and oxygen atoms in total. The molecule has 0 bridgehead atoms. The van der Waals surface area contributed by atoms with Gasteiger partial charge in [-0.15, -0.1) is 11.3 Å². The lowest BCUT2D eigenvalue weighted by atomic mass is 10.1. The van der Waals surface area contributed by atoms with Gasteiger partial charge in [0.1, 0.15) is 5.01 Å². The zero-order chi connectivity index (χ0) is 17.3. The summed E-state index contributed by atoms with van der Waals surface area (Å²) in [5.41, 5.74) is 3.70. The summed E-state index contributed by atoms with van der Waals surface area (Å²) < 4.78 is 1.71. The standard InChI is InChI=1S/C17H20N4OS2/c1-10-12(3)24-17(19-10)15(7-13-5-6-23-9-13)20-16(22)14-8-18-21(4)11(14)2/h5-6,8-9,15H,7H2,1-4H3,(H,20,22). The van der Waals surface area contributed by atoms with Crippen LogP contribution in [0.1, 0.15) is 43.2 Å². The molecule has 7 heteroatoms. The summed E-state index contributed by atoms with van der Waals surface area (Å²) in [5, 5.41) is 12.4. The second-order valence-corrected chi connectivity index (χ2v) is 7.84. The van der Waals surface area contributed by atoms with Crippen LogP contribution in [0.5, 0.6) is 0 Å². The fourth-order valence-electron chi connectivity index (χ4n) is 2.45. The Balaban J connectivity index is 1.86. The largest absolute Gasteiger partial charge is 0.342 e. The monoisotopic (exact) mass is 360 g/mol. The first kappa shape index (κ1) is 16.9. The van der Waals surface area contributed by atoms with Crippen LogP contribution in [-0.4, -0.2) is 20.7 Å². The lowest BCUT2D eigenvalue weighted by Gasteiger charge is -2.16. The molecule has 1 N–H and O–H groups in total. The lowest BCUT2D eigenvalue weighted by Crippen LogP contribution is -2.30. The van der Waals surface area contributed by atoms with Crippen molar-refractivity contribution in [1.82, 2.24) is 20.1 Å². The van der Waals surface area contributed by atoms with Gasteiger partial charge in [-0.1, -0.05) is 0 Å². The van der Waals surface area contributed by atoms with Crippen LogP contribution in [0.4, 0.5) is 0 Å². The number of aromatic nitrogens is 3. The maximum atomic E-state index is 12.7. The zero-order valence-electron chi connectivity index (χ0n) is 14.2. The van der Waals surface area contributed by atoms with Gasteiger partial charge in [0.05, 0.1) is 23.5 Å². The normalized spacial score (nSPS) is 12.3. The van der Waals surface area contributed by atoms with Crippen LogP contribution < -0.4 is 5.32 Å². The van der Waals surface area contributed by atoms with Crippen molar-refractivity contribution in [2.45, 2.75) is 33.2 Å². The van der Waals surface area contributed by atoms with Crippen molar-refractivity contribution in [1.29, 1.82) is 0 Å². The van der Waals surface area contributed by atoms with Crippen molar-refractivity contribution in [3.63, 3.8) is 0 Å². The lowest BCUT2D eigenvalue weighted by molar-refractivity contribution is 0.0935. The third-order valence-corrected chi connectivity index (χ3v) is 6.07. The maximum Gasteiger partial charge on any atom is 0.255 e. The van der Waals surface area contributed by atoms with Gasteiger partial charge in [-0.25, -0.2) is 4.98 Å². The van der Waals surface area contributed by atoms with Crippen LogP contribution in [0.2, 0.25) is 0 Å². The molecule has 0 saturated carbocycles. The fraction of sp³-hybridized carbons (Fsp3) is 0.353. The van der Waals surface area contributed by atoms with Gasteiger partial charge >= 0.3 is 0 Å². The third kappa shape index (κ3) is 3.42. The van der Waals surface area contributed by atoms with Crippen molar-refractivity contribution in [3.05, 3.63) is 55.4 Å². The number of nitrogens with zero attached hydrogens (tertiary/aromatic N) is 3. The van der Waals surface area contributed by atoms with E-state index in [1.807, 2.05) is 20.9 Å². The minimum absolute atomic E-state index is 0.105. The van der Waals surface area contributed by atoms with Crippen molar-refractivity contribution in [3.8, 4) is 0 Å². The van der Waals surface area contributed by atoms with Gasteiger partial charge < -0.3 is 5.32 Å². The van der Waals surface area contributed by atoms with Crippen molar-refractivity contribution < 1.29 is 4.79 Å². The molecule has 1 unspecified atom stereocenters. The summed E-state index contributed by atoms with van der Waals surface area (Å²) in [4.78, 5) is 18.5. The number of carbonyl (C=O) groups excluding carboxylic acids is 1. The first-order valence-electron chi connectivity index (χ1n) is 7.70. The summed E-state index contributed by atoms with van der Waals surface area (Å²) in [6, 6.07) is 1.95. The van der Waals surface area contributed by atoms with E-state index >= 15 is 0 Å². The van der Waals surface area contributed by atoms with Crippen LogP contribution in [0.15, 0.2) is 23.0 Å². The van der Waals surface area contributed by atoms with E-state index in [-0.39, 0.29) is 11.9 Å². The Morgan fingerprint density at radius 3 is 2.71 bits per heavy atom. The number of nitrogens with one attached hydrogen (secondary N) is 1. The van der Waals surface area contributed by atoms with E-state index in [2.05, 4.69) is 39.1 Å². The topological polar surface area (TPSA) is 59.8 Å². The molecule has 0 aliphatic heterocycles. The summed E-state index contributed by atoms with van der Waals surface area (Å²) in [7, 11) is 1.84. The highest BCUT2D eigenvalue weighted by atomic mass is 32.1. The number of thiazole rings is 1. The number of amides is 1. The Morgan fingerprint density at radius 2 is 2.17 bits per heavy atom. The molecule has 0 radical (unpaired) electrons. The molecule has 0 aliphatic carbocycles.